The molecule has 2 aliphatic carbocycles. The molecule has 28 heavy (non-hydrogen) atoms. The summed E-state index contributed by atoms with van der Waals surface area (Å²) in [6.07, 6.45) is 5.26. The van der Waals surface area contributed by atoms with Gasteiger partial charge < -0.3 is 20.4 Å². The zero-order valence-electron chi connectivity index (χ0n) is 17.9. The van der Waals surface area contributed by atoms with Gasteiger partial charge in [0.25, 0.3) is 0 Å². The lowest BCUT2D eigenvalue weighted by Gasteiger charge is -2.35. The number of carbonyl (C=O) groups excluding carboxylic acids is 2. The quantitative estimate of drug-likeness (QED) is 0.728. The topological polar surface area (TPSA) is 83.4 Å². The molecule has 1 saturated carbocycles. The van der Waals surface area contributed by atoms with E-state index in [4.69, 9.17) is 4.42 Å². The Morgan fingerprint density at radius 2 is 1.96 bits per heavy atom. The first kappa shape index (κ1) is 20.7. The molecule has 3 N–H and O–H groups in total. The number of amides is 3. The third-order valence-corrected chi connectivity index (χ3v) is 5.85. The predicted molar refractivity (Wildman–Crippen MR) is 109 cm³/mol. The summed E-state index contributed by atoms with van der Waals surface area (Å²) in [5.41, 5.74) is 1.19. The second-order valence-electron chi connectivity index (χ2n) is 9.67. The molecule has 1 fully saturated rings. The highest BCUT2D eigenvalue weighted by molar-refractivity contribution is 5.79. The Morgan fingerprint density at radius 1 is 1.21 bits per heavy atom. The Balaban J connectivity index is 1.59. The summed E-state index contributed by atoms with van der Waals surface area (Å²) in [5, 5.41) is 9.26. The summed E-state index contributed by atoms with van der Waals surface area (Å²) < 4.78 is 5.86. The fourth-order valence-electron chi connectivity index (χ4n) is 4.66. The van der Waals surface area contributed by atoms with Crippen molar-refractivity contribution in [3.63, 3.8) is 0 Å². The van der Waals surface area contributed by atoms with Crippen LogP contribution in [-0.4, -0.2) is 24.0 Å². The lowest BCUT2D eigenvalue weighted by molar-refractivity contribution is -0.126. The van der Waals surface area contributed by atoms with E-state index in [1.54, 1.807) is 0 Å². The molecule has 0 aliphatic heterocycles. The van der Waals surface area contributed by atoms with Gasteiger partial charge in [-0.3, -0.25) is 4.79 Å². The first-order valence-corrected chi connectivity index (χ1v) is 10.6. The SMILES string of the molecule is Cc1cc2c(o1)CC(C)(C)CC2NC(=O)NC1CCCC(C(=O)NC(C)C)C1. The third-order valence-electron chi connectivity index (χ3n) is 5.85. The largest absolute Gasteiger partial charge is 0.466 e. The second kappa shape index (κ2) is 8.18. The number of nitrogens with one attached hydrogen (secondary N) is 3. The minimum Gasteiger partial charge on any atom is -0.466 e. The fraction of sp³-hybridized carbons (Fsp3) is 0.727. The molecular weight excluding hydrogens is 354 g/mol. The zero-order chi connectivity index (χ0) is 20.5. The Hall–Kier alpha value is -1.98. The van der Waals surface area contributed by atoms with Crippen LogP contribution in [0.25, 0.3) is 0 Å². The number of hydrogen-bond acceptors (Lipinski definition) is 3. The van der Waals surface area contributed by atoms with Crippen molar-refractivity contribution in [2.75, 3.05) is 0 Å². The fourth-order valence-corrected chi connectivity index (χ4v) is 4.66. The van der Waals surface area contributed by atoms with Crippen LogP contribution in [0.4, 0.5) is 4.79 Å². The van der Waals surface area contributed by atoms with Crippen molar-refractivity contribution < 1.29 is 14.0 Å². The van der Waals surface area contributed by atoms with Crippen LogP contribution in [0.2, 0.25) is 0 Å². The number of rotatable bonds is 4. The minimum atomic E-state index is -0.151. The van der Waals surface area contributed by atoms with E-state index in [1.165, 1.54) is 0 Å². The molecule has 156 valence electrons. The van der Waals surface area contributed by atoms with E-state index in [-0.39, 0.29) is 41.4 Å². The summed E-state index contributed by atoms with van der Waals surface area (Å²) in [4.78, 5) is 25.0. The predicted octanol–water partition coefficient (Wildman–Crippen LogP) is 3.98. The highest BCUT2D eigenvalue weighted by Gasteiger charge is 2.36. The number of carbonyl (C=O) groups is 2. The summed E-state index contributed by atoms with van der Waals surface area (Å²) in [7, 11) is 0. The van der Waals surface area contributed by atoms with Crippen LogP contribution in [-0.2, 0) is 11.2 Å². The Kier molecular flexibility index (Phi) is 6.06. The molecule has 3 unspecified atom stereocenters. The average molecular weight is 390 g/mol. The van der Waals surface area contributed by atoms with Crippen molar-refractivity contribution in [3.8, 4) is 0 Å². The van der Waals surface area contributed by atoms with E-state index < -0.39 is 0 Å². The molecule has 0 bridgehead atoms. The first-order chi connectivity index (χ1) is 13.1. The van der Waals surface area contributed by atoms with E-state index in [0.29, 0.717) is 6.42 Å². The van der Waals surface area contributed by atoms with Gasteiger partial charge in [-0.25, -0.2) is 4.79 Å². The Labute approximate surface area is 168 Å². The van der Waals surface area contributed by atoms with Gasteiger partial charge in [-0.05, 0) is 57.9 Å². The summed E-state index contributed by atoms with van der Waals surface area (Å²) in [6, 6.07) is 2.04. The molecule has 0 aromatic carbocycles. The van der Waals surface area contributed by atoms with Crippen molar-refractivity contribution in [3.05, 3.63) is 23.2 Å². The van der Waals surface area contributed by atoms with Crippen LogP contribution in [0.5, 0.6) is 0 Å². The highest BCUT2D eigenvalue weighted by atomic mass is 16.3. The zero-order valence-corrected chi connectivity index (χ0v) is 17.9. The van der Waals surface area contributed by atoms with Crippen LogP contribution in [0, 0.1) is 18.3 Å². The summed E-state index contributed by atoms with van der Waals surface area (Å²) >= 11 is 0. The van der Waals surface area contributed by atoms with Crippen molar-refractivity contribution in [2.24, 2.45) is 11.3 Å². The minimum absolute atomic E-state index is 0.0156. The number of furan rings is 1. The number of fused-ring (bicyclic) bond motifs is 1. The van der Waals surface area contributed by atoms with Gasteiger partial charge in [0.2, 0.25) is 5.91 Å². The molecule has 1 heterocycles. The van der Waals surface area contributed by atoms with Gasteiger partial charge >= 0.3 is 6.03 Å². The first-order valence-electron chi connectivity index (χ1n) is 10.6. The molecule has 0 spiro atoms. The maximum absolute atomic E-state index is 12.7. The molecule has 6 heteroatoms. The van der Waals surface area contributed by atoms with Crippen molar-refractivity contribution >= 4 is 11.9 Å². The van der Waals surface area contributed by atoms with Gasteiger partial charge in [-0.2, -0.15) is 0 Å². The summed E-state index contributed by atoms with van der Waals surface area (Å²) in [5.74, 6) is 1.97. The van der Waals surface area contributed by atoms with Crippen LogP contribution in [0.15, 0.2) is 10.5 Å². The maximum atomic E-state index is 12.7. The third kappa shape index (κ3) is 5.09. The Morgan fingerprint density at radius 3 is 2.68 bits per heavy atom. The molecule has 3 atom stereocenters. The number of urea groups is 1. The molecule has 2 aliphatic rings. The smallest absolute Gasteiger partial charge is 0.315 e. The van der Waals surface area contributed by atoms with E-state index in [2.05, 4.69) is 29.8 Å². The van der Waals surface area contributed by atoms with Gasteiger partial charge in [0.05, 0.1) is 6.04 Å². The van der Waals surface area contributed by atoms with Crippen LogP contribution >= 0.6 is 0 Å². The normalized spacial score (nSPS) is 26.4. The number of hydrogen-bond donors (Lipinski definition) is 3. The van der Waals surface area contributed by atoms with Crippen molar-refractivity contribution in [2.45, 2.75) is 91.3 Å². The molecule has 6 nitrogen and oxygen atoms in total. The average Bonchev–Trinajstić information content (AvgIpc) is 2.93. The van der Waals surface area contributed by atoms with Gasteiger partial charge in [-0.1, -0.05) is 20.3 Å². The maximum Gasteiger partial charge on any atom is 0.315 e. The van der Waals surface area contributed by atoms with Gasteiger partial charge in [-0.15, -0.1) is 0 Å². The molecule has 1 aromatic heterocycles. The van der Waals surface area contributed by atoms with Gasteiger partial charge in [0.15, 0.2) is 0 Å². The lowest BCUT2D eigenvalue weighted by Crippen LogP contribution is -2.48. The van der Waals surface area contributed by atoms with Crippen LogP contribution in [0.3, 0.4) is 0 Å². The van der Waals surface area contributed by atoms with Gasteiger partial charge in [0.1, 0.15) is 11.5 Å². The van der Waals surface area contributed by atoms with E-state index >= 15 is 0 Å². The van der Waals surface area contributed by atoms with Crippen LogP contribution < -0.4 is 16.0 Å². The van der Waals surface area contributed by atoms with Gasteiger partial charge in [0, 0.05) is 30.0 Å². The highest BCUT2D eigenvalue weighted by Crippen LogP contribution is 2.42. The van der Waals surface area contributed by atoms with Crippen LogP contribution in [0.1, 0.15) is 82.9 Å². The van der Waals surface area contributed by atoms with Crippen molar-refractivity contribution in [1.82, 2.24) is 16.0 Å². The Bertz CT molecular complexity index is 723. The molecule has 0 saturated heterocycles. The molecule has 3 rings (SSSR count). The monoisotopic (exact) mass is 389 g/mol. The second-order valence-corrected chi connectivity index (χ2v) is 9.67. The molecular formula is C22H35N3O3. The van der Waals surface area contributed by atoms with E-state index in [0.717, 1.165) is 49.2 Å². The number of aryl methyl sites for hydroxylation is 1. The van der Waals surface area contributed by atoms with Crippen molar-refractivity contribution in [1.29, 1.82) is 0 Å². The van der Waals surface area contributed by atoms with E-state index in [1.807, 2.05) is 26.8 Å². The molecule has 1 aromatic rings. The molecule has 3 amide bonds. The standard InChI is InChI=1S/C22H35N3O3/c1-13(2)23-20(26)15-7-6-8-16(10-15)24-21(27)25-18-11-22(4,5)12-19-17(18)9-14(3)28-19/h9,13,15-16,18H,6-8,10-12H2,1-5H3,(H,23,26)(H2,24,25,27). The lowest BCUT2D eigenvalue weighted by atomic mass is 9.75. The summed E-state index contributed by atoms with van der Waals surface area (Å²) in [6.45, 7) is 10.3. The van der Waals surface area contributed by atoms with E-state index in [9.17, 15) is 9.59 Å². The molecule has 0 radical (unpaired) electrons.